The number of rotatable bonds is 3. The lowest BCUT2D eigenvalue weighted by Crippen LogP contribution is -2.13. The van der Waals surface area contributed by atoms with E-state index in [1.807, 2.05) is 0 Å². The molecule has 0 saturated heterocycles. The minimum atomic E-state index is -1.35. The summed E-state index contributed by atoms with van der Waals surface area (Å²) in [6, 6.07) is 0. The van der Waals surface area contributed by atoms with Crippen LogP contribution in [0.1, 0.15) is 6.42 Å². The van der Waals surface area contributed by atoms with E-state index in [4.69, 9.17) is 10.2 Å². The van der Waals surface area contributed by atoms with Gasteiger partial charge in [0.2, 0.25) is 0 Å². The Balaban J connectivity index is 3.38. The number of aliphatic carboxylic acids is 1. The summed E-state index contributed by atoms with van der Waals surface area (Å²) < 4.78 is 0. The van der Waals surface area contributed by atoms with Gasteiger partial charge in [-0.25, -0.2) is 0 Å². The van der Waals surface area contributed by atoms with Gasteiger partial charge < -0.3 is 15.0 Å². The van der Waals surface area contributed by atoms with Gasteiger partial charge in [0.25, 0.3) is 0 Å². The number of carbonyl (C=O) groups is 2. The van der Waals surface area contributed by atoms with Gasteiger partial charge in [0.1, 0.15) is 12.4 Å². The van der Waals surface area contributed by atoms with Gasteiger partial charge in [-0.2, -0.15) is 0 Å². The average molecular weight is 118 g/mol. The van der Waals surface area contributed by atoms with Crippen molar-refractivity contribution >= 4 is 12.3 Å². The molecule has 1 atom stereocenters. The summed E-state index contributed by atoms with van der Waals surface area (Å²) in [5.74, 6) is -1.18. The monoisotopic (exact) mass is 118 g/mol. The van der Waals surface area contributed by atoms with E-state index in [0.29, 0.717) is 0 Å². The van der Waals surface area contributed by atoms with Crippen LogP contribution in [-0.2, 0) is 9.59 Å². The molecule has 2 N–H and O–H groups in total. The number of carboxylic acids is 1. The third kappa shape index (κ3) is 3.30. The van der Waals surface area contributed by atoms with E-state index in [1.165, 1.54) is 0 Å². The fourth-order valence-electron chi connectivity index (χ4n) is 0.227. The van der Waals surface area contributed by atoms with Crippen LogP contribution in [0.25, 0.3) is 0 Å². The predicted octanol–water partition coefficient (Wildman–Crippen LogP) is -0.979. The summed E-state index contributed by atoms with van der Waals surface area (Å²) in [4.78, 5) is 19.2. The molecule has 0 saturated carbocycles. The molecule has 0 radical (unpaired) electrons. The molecule has 4 nitrogen and oxygen atoms in total. The third-order valence-corrected chi connectivity index (χ3v) is 0.541. The van der Waals surface area contributed by atoms with Crippen molar-refractivity contribution < 1.29 is 19.8 Å². The summed E-state index contributed by atoms with van der Waals surface area (Å²) in [5.41, 5.74) is 0. The summed E-state index contributed by atoms with van der Waals surface area (Å²) in [6.07, 6.45) is -1.68. The van der Waals surface area contributed by atoms with Gasteiger partial charge >= 0.3 is 5.97 Å². The zero-order valence-electron chi connectivity index (χ0n) is 4.07. The zero-order chi connectivity index (χ0) is 6.57. The number of hydrogen-bond donors (Lipinski definition) is 2. The van der Waals surface area contributed by atoms with E-state index in [1.54, 1.807) is 0 Å². The molecule has 0 amide bonds. The molecule has 8 heavy (non-hydrogen) atoms. The van der Waals surface area contributed by atoms with Gasteiger partial charge in [0.15, 0.2) is 0 Å². The molecule has 0 aliphatic carbocycles. The quantitative estimate of drug-likeness (QED) is 0.467. The molecule has 0 spiro atoms. The van der Waals surface area contributed by atoms with Crippen LogP contribution < -0.4 is 0 Å². The first kappa shape index (κ1) is 7.10. The van der Waals surface area contributed by atoms with Crippen LogP contribution in [0.5, 0.6) is 0 Å². The highest BCUT2D eigenvalue weighted by atomic mass is 16.4. The maximum Gasteiger partial charge on any atom is 0.306 e. The number of aliphatic hydroxyl groups excluding tert-OH is 1. The highest BCUT2D eigenvalue weighted by Crippen LogP contribution is 1.84. The van der Waals surface area contributed by atoms with Crippen molar-refractivity contribution in [1.82, 2.24) is 0 Å². The maximum absolute atomic E-state index is 9.65. The smallest absolute Gasteiger partial charge is 0.306 e. The number of carbonyl (C=O) groups excluding carboxylic acids is 1. The van der Waals surface area contributed by atoms with Gasteiger partial charge in [-0.05, 0) is 0 Å². The molecule has 0 aromatic rings. The van der Waals surface area contributed by atoms with Gasteiger partial charge in [-0.3, -0.25) is 4.79 Å². The molecule has 0 aromatic carbocycles. The first-order chi connectivity index (χ1) is 3.66. The fraction of sp³-hybridized carbons (Fsp3) is 0.500. The van der Waals surface area contributed by atoms with E-state index >= 15 is 0 Å². The lowest BCUT2D eigenvalue weighted by atomic mass is 10.3. The highest BCUT2D eigenvalue weighted by molar-refractivity contribution is 5.72. The van der Waals surface area contributed by atoms with E-state index in [9.17, 15) is 9.59 Å². The first-order valence-electron chi connectivity index (χ1n) is 2.02. The molecule has 0 aliphatic heterocycles. The Morgan fingerprint density at radius 3 is 2.38 bits per heavy atom. The molecule has 46 valence electrons. The summed E-state index contributed by atoms with van der Waals surface area (Å²) in [7, 11) is 0. The van der Waals surface area contributed by atoms with Crippen molar-refractivity contribution in [3.63, 3.8) is 0 Å². The molecule has 0 unspecified atom stereocenters. The fourth-order valence-corrected chi connectivity index (χ4v) is 0.227. The van der Waals surface area contributed by atoms with Crippen LogP contribution in [0.3, 0.4) is 0 Å². The number of aliphatic hydroxyl groups is 1. The summed E-state index contributed by atoms with van der Waals surface area (Å²) in [5, 5.41) is 16.2. The van der Waals surface area contributed by atoms with E-state index < -0.39 is 18.5 Å². The van der Waals surface area contributed by atoms with Crippen molar-refractivity contribution in [1.29, 1.82) is 0 Å². The van der Waals surface area contributed by atoms with Crippen LogP contribution >= 0.6 is 0 Å². The second-order valence-corrected chi connectivity index (χ2v) is 1.30. The second-order valence-electron chi connectivity index (χ2n) is 1.30. The van der Waals surface area contributed by atoms with Crippen molar-refractivity contribution in [2.45, 2.75) is 12.5 Å². The highest BCUT2D eigenvalue weighted by Gasteiger charge is 2.05. The third-order valence-electron chi connectivity index (χ3n) is 0.541. The Morgan fingerprint density at radius 2 is 2.25 bits per heavy atom. The maximum atomic E-state index is 9.65. The molecule has 0 aromatic heterocycles. The van der Waals surface area contributed by atoms with Crippen LogP contribution in [0.4, 0.5) is 0 Å². The van der Waals surface area contributed by atoms with Crippen LogP contribution in [0, 0.1) is 0 Å². The van der Waals surface area contributed by atoms with E-state index in [0.717, 1.165) is 0 Å². The molecule has 0 fully saturated rings. The van der Waals surface area contributed by atoms with Gasteiger partial charge in [-0.15, -0.1) is 0 Å². The topological polar surface area (TPSA) is 74.6 Å². The Kier molecular flexibility index (Phi) is 2.79. The van der Waals surface area contributed by atoms with Crippen molar-refractivity contribution in [3.05, 3.63) is 0 Å². The van der Waals surface area contributed by atoms with E-state index in [-0.39, 0.29) is 6.29 Å². The van der Waals surface area contributed by atoms with Crippen LogP contribution in [-0.4, -0.2) is 28.6 Å². The van der Waals surface area contributed by atoms with Crippen LogP contribution in [0.2, 0.25) is 0 Å². The van der Waals surface area contributed by atoms with Crippen molar-refractivity contribution in [3.8, 4) is 0 Å². The molecular weight excluding hydrogens is 112 g/mol. The molecule has 0 rings (SSSR count). The molecule has 0 bridgehead atoms. The molecular formula is C4H6O4. The summed E-state index contributed by atoms with van der Waals surface area (Å²) in [6.45, 7) is 0. The predicted molar refractivity (Wildman–Crippen MR) is 24.3 cm³/mol. The van der Waals surface area contributed by atoms with Gasteiger partial charge in [-0.1, -0.05) is 0 Å². The minimum Gasteiger partial charge on any atom is -0.481 e. The van der Waals surface area contributed by atoms with Crippen molar-refractivity contribution in [2.24, 2.45) is 0 Å². The Bertz CT molecular complexity index is 98.2. The Labute approximate surface area is 45.7 Å². The average Bonchev–Trinajstić information content (AvgIpc) is 1.65. The number of carboxylic acid groups (broad SMARTS) is 1. The Morgan fingerprint density at radius 1 is 1.75 bits per heavy atom. The SMILES string of the molecule is O=C[C@@H](O)CC(=O)O. The largest absolute Gasteiger partial charge is 0.481 e. The van der Waals surface area contributed by atoms with E-state index in [2.05, 4.69) is 0 Å². The van der Waals surface area contributed by atoms with Crippen LogP contribution in [0.15, 0.2) is 0 Å². The lowest BCUT2D eigenvalue weighted by molar-refractivity contribution is -0.140. The first-order valence-corrected chi connectivity index (χ1v) is 2.02. The normalized spacial score (nSPS) is 12.6. The lowest BCUT2D eigenvalue weighted by Gasteiger charge is -1.93. The Hall–Kier alpha value is -0.900. The second kappa shape index (κ2) is 3.15. The number of hydrogen-bond acceptors (Lipinski definition) is 3. The molecule has 0 heterocycles. The summed E-state index contributed by atoms with van der Waals surface area (Å²) >= 11 is 0. The zero-order valence-corrected chi connectivity index (χ0v) is 4.07. The van der Waals surface area contributed by atoms with Gasteiger partial charge in [0.05, 0.1) is 6.42 Å². The standard InChI is InChI=1S/C4H6O4/c5-2-3(6)1-4(7)8/h2-3,6H,1H2,(H,7,8)/t3-/m0/s1. The van der Waals surface area contributed by atoms with Crippen molar-refractivity contribution in [2.75, 3.05) is 0 Å². The molecule has 0 aliphatic rings. The number of aldehydes is 1. The molecule has 4 heteroatoms. The minimum absolute atomic E-state index is 0.189. The van der Waals surface area contributed by atoms with Gasteiger partial charge in [0, 0.05) is 0 Å².